The van der Waals surface area contributed by atoms with Crippen molar-refractivity contribution in [1.29, 1.82) is 0 Å². The normalized spacial score (nSPS) is 10.7. The number of carbonyl (C=O) groups is 1. The van der Waals surface area contributed by atoms with Crippen molar-refractivity contribution in [3.05, 3.63) is 0 Å². The fourth-order valence-corrected chi connectivity index (χ4v) is 1.38. The summed E-state index contributed by atoms with van der Waals surface area (Å²) >= 11 is 0. The fourth-order valence-electron chi connectivity index (χ4n) is 1.38. The molecule has 90 valence electrons. The average Bonchev–Trinajstić information content (AvgIpc) is 2.24. The highest BCUT2D eigenvalue weighted by atomic mass is 16.2. The molecule has 5 nitrogen and oxygen atoms in total. The van der Waals surface area contributed by atoms with Crippen molar-refractivity contribution in [1.82, 2.24) is 15.6 Å². The van der Waals surface area contributed by atoms with Gasteiger partial charge in [0.1, 0.15) is 0 Å². The first-order valence-electron chi connectivity index (χ1n) is 5.53. The summed E-state index contributed by atoms with van der Waals surface area (Å²) in [6, 6.07) is 0. The van der Waals surface area contributed by atoms with Gasteiger partial charge in [-0.15, -0.1) is 0 Å². The summed E-state index contributed by atoms with van der Waals surface area (Å²) in [5, 5.41) is 3.12. The maximum Gasteiger partial charge on any atom is 0.233 e. The van der Waals surface area contributed by atoms with Gasteiger partial charge in [0.25, 0.3) is 0 Å². The number of rotatable bonds is 9. The largest absolute Gasteiger partial charge is 0.320 e. The molecule has 0 atom stereocenters. The van der Waals surface area contributed by atoms with Gasteiger partial charge in [0.2, 0.25) is 5.91 Å². The Morgan fingerprint density at radius 2 is 1.93 bits per heavy atom. The molecule has 0 aromatic rings. The van der Waals surface area contributed by atoms with E-state index in [4.69, 9.17) is 5.84 Å². The number of nitrogens with two attached hydrogens (primary N) is 1. The van der Waals surface area contributed by atoms with Gasteiger partial charge in [0, 0.05) is 6.42 Å². The summed E-state index contributed by atoms with van der Waals surface area (Å²) in [4.78, 5) is 13.1. The number of unbranched alkanes of at least 4 members (excludes halogenated alkanes) is 1. The molecule has 0 fully saturated rings. The topological polar surface area (TPSA) is 70.4 Å². The average molecular weight is 216 g/mol. The van der Waals surface area contributed by atoms with Crippen molar-refractivity contribution in [2.24, 2.45) is 5.84 Å². The summed E-state index contributed by atoms with van der Waals surface area (Å²) in [6.07, 6.45) is 3.64. The van der Waals surface area contributed by atoms with E-state index in [1.165, 1.54) is 0 Å². The number of hydrazine groups is 1. The van der Waals surface area contributed by atoms with Crippen LogP contribution in [0.4, 0.5) is 0 Å². The molecule has 0 rings (SSSR count). The number of hydrogen-bond acceptors (Lipinski definition) is 4. The van der Waals surface area contributed by atoms with E-state index in [0.29, 0.717) is 6.42 Å². The van der Waals surface area contributed by atoms with Crippen LogP contribution in [-0.4, -0.2) is 44.5 Å². The molecule has 0 unspecified atom stereocenters. The first-order valence-corrected chi connectivity index (χ1v) is 5.53. The Balaban J connectivity index is 3.23. The lowest BCUT2D eigenvalue weighted by molar-refractivity contribution is -0.121. The number of amides is 1. The van der Waals surface area contributed by atoms with Crippen LogP contribution in [-0.2, 0) is 4.79 Å². The molecular weight excluding hydrogens is 192 g/mol. The Morgan fingerprint density at radius 1 is 1.27 bits per heavy atom. The summed E-state index contributed by atoms with van der Waals surface area (Å²) in [7, 11) is 4.07. The number of carbonyl (C=O) groups excluding carboxylic acids is 1. The van der Waals surface area contributed by atoms with E-state index >= 15 is 0 Å². The maximum atomic E-state index is 10.8. The predicted octanol–water partition coefficient (Wildman–Crippen LogP) is -0.312. The van der Waals surface area contributed by atoms with E-state index < -0.39 is 0 Å². The highest BCUT2D eigenvalue weighted by Crippen LogP contribution is 1.97. The molecule has 0 aliphatic heterocycles. The van der Waals surface area contributed by atoms with Crippen molar-refractivity contribution in [2.75, 3.05) is 33.7 Å². The standard InChI is InChI=1S/C10H24N4O/c1-12-7-5-9-14(2)8-4-3-6-10(15)13-11/h12H,3-9,11H2,1-2H3,(H,13,15). The van der Waals surface area contributed by atoms with E-state index in [1.807, 2.05) is 7.05 Å². The maximum absolute atomic E-state index is 10.8. The van der Waals surface area contributed by atoms with Crippen LogP contribution in [0.3, 0.4) is 0 Å². The van der Waals surface area contributed by atoms with Crippen molar-refractivity contribution in [3.8, 4) is 0 Å². The summed E-state index contributed by atoms with van der Waals surface area (Å²) in [5.74, 6) is 4.90. The third kappa shape index (κ3) is 9.65. The second-order valence-corrected chi connectivity index (χ2v) is 3.79. The van der Waals surface area contributed by atoms with Crippen molar-refractivity contribution in [2.45, 2.75) is 25.7 Å². The Labute approximate surface area is 92.4 Å². The van der Waals surface area contributed by atoms with Crippen LogP contribution in [0.15, 0.2) is 0 Å². The molecule has 0 heterocycles. The predicted molar refractivity (Wildman–Crippen MR) is 62.2 cm³/mol. The molecule has 0 aromatic carbocycles. The molecule has 4 N–H and O–H groups in total. The van der Waals surface area contributed by atoms with Gasteiger partial charge in [-0.2, -0.15) is 0 Å². The van der Waals surface area contributed by atoms with E-state index in [9.17, 15) is 4.79 Å². The molecule has 1 amide bonds. The second kappa shape index (κ2) is 9.89. The minimum atomic E-state index is -0.0761. The van der Waals surface area contributed by atoms with Gasteiger partial charge < -0.3 is 10.2 Å². The second-order valence-electron chi connectivity index (χ2n) is 3.79. The SMILES string of the molecule is CNCCCN(C)CCCCC(=O)NN. The summed E-state index contributed by atoms with van der Waals surface area (Å²) in [6.45, 7) is 3.20. The molecule has 0 spiro atoms. The van der Waals surface area contributed by atoms with Crippen LogP contribution in [0.25, 0.3) is 0 Å². The van der Waals surface area contributed by atoms with E-state index in [2.05, 4.69) is 22.7 Å². The Kier molecular flexibility index (Phi) is 9.46. The molecule has 0 aromatic heterocycles. The summed E-state index contributed by atoms with van der Waals surface area (Å²) < 4.78 is 0. The van der Waals surface area contributed by atoms with Gasteiger partial charge in [-0.05, 0) is 53.0 Å². The lowest BCUT2D eigenvalue weighted by Crippen LogP contribution is -2.30. The van der Waals surface area contributed by atoms with Gasteiger partial charge in [0.15, 0.2) is 0 Å². The zero-order chi connectivity index (χ0) is 11.5. The molecule has 15 heavy (non-hydrogen) atoms. The van der Waals surface area contributed by atoms with Crippen LogP contribution in [0.1, 0.15) is 25.7 Å². The lowest BCUT2D eigenvalue weighted by Gasteiger charge is -2.15. The molecule has 0 radical (unpaired) electrons. The van der Waals surface area contributed by atoms with Crippen LogP contribution in [0.2, 0.25) is 0 Å². The summed E-state index contributed by atoms with van der Waals surface area (Å²) in [5.41, 5.74) is 2.13. The molecule has 0 aliphatic rings. The van der Waals surface area contributed by atoms with Crippen molar-refractivity contribution in [3.63, 3.8) is 0 Å². The van der Waals surface area contributed by atoms with Gasteiger partial charge in [0.05, 0.1) is 0 Å². The molecule has 0 saturated carbocycles. The molecular formula is C10H24N4O. The molecule has 0 saturated heterocycles. The third-order valence-electron chi connectivity index (χ3n) is 2.32. The molecule has 0 aliphatic carbocycles. The zero-order valence-electron chi connectivity index (χ0n) is 9.88. The molecule has 5 heteroatoms. The van der Waals surface area contributed by atoms with Crippen LogP contribution >= 0.6 is 0 Å². The monoisotopic (exact) mass is 216 g/mol. The number of nitrogens with zero attached hydrogens (tertiary/aromatic N) is 1. The number of hydrogen-bond donors (Lipinski definition) is 3. The minimum absolute atomic E-state index is 0.0761. The van der Waals surface area contributed by atoms with E-state index in [0.717, 1.165) is 38.9 Å². The van der Waals surface area contributed by atoms with Crippen molar-refractivity contribution < 1.29 is 4.79 Å². The highest BCUT2D eigenvalue weighted by molar-refractivity contribution is 5.74. The van der Waals surface area contributed by atoms with Gasteiger partial charge in [-0.3, -0.25) is 10.2 Å². The minimum Gasteiger partial charge on any atom is -0.320 e. The van der Waals surface area contributed by atoms with E-state index in [1.54, 1.807) is 0 Å². The molecule has 0 bridgehead atoms. The highest BCUT2D eigenvalue weighted by Gasteiger charge is 2.00. The Morgan fingerprint density at radius 3 is 2.53 bits per heavy atom. The van der Waals surface area contributed by atoms with Crippen LogP contribution in [0, 0.1) is 0 Å². The zero-order valence-corrected chi connectivity index (χ0v) is 9.88. The number of nitrogens with one attached hydrogen (secondary N) is 2. The van der Waals surface area contributed by atoms with Gasteiger partial charge in [-0.25, -0.2) is 5.84 Å². The Hall–Kier alpha value is -0.650. The van der Waals surface area contributed by atoms with Gasteiger partial charge >= 0.3 is 0 Å². The van der Waals surface area contributed by atoms with E-state index in [-0.39, 0.29) is 5.91 Å². The first-order chi connectivity index (χ1) is 7.20. The quantitative estimate of drug-likeness (QED) is 0.214. The smallest absolute Gasteiger partial charge is 0.233 e. The van der Waals surface area contributed by atoms with Gasteiger partial charge in [-0.1, -0.05) is 0 Å². The Bertz CT molecular complexity index is 164. The first kappa shape index (κ1) is 14.3. The lowest BCUT2D eigenvalue weighted by atomic mass is 10.2. The third-order valence-corrected chi connectivity index (χ3v) is 2.32. The van der Waals surface area contributed by atoms with Crippen LogP contribution in [0.5, 0.6) is 0 Å². The van der Waals surface area contributed by atoms with Crippen LogP contribution < -0.4 is 16.6 Å². The fraction of sp³-hybridized carbons (Fsp3) is 0.900. The van der Waals surface area contributed by atoms with Crippen molar-refractivity contribution >= 4 is 5.91 Å².